The molecule has 0 atom stereocenters. The highest BCUT2D eigenvalue weighted by Crippen LogP contribution is 2.32. The van der Waals surface area contributed by atoms with Gasteiger partial charge < -0.3 is 4.74 Å². The summed E-state index contributed by atoms with van der Waals surface area (Å²) in [6.07, 6.45) is 5.36. The number of carbonyl (C=O) groups is 1. The van der Waals surface area contributed by atoms with Gasteiger partial charge in [-0.25, -0.2) is 5.43 Å². The van der Waals surface area contributed by atoms with Crippen molar-refractivity contribution in [2.24, 2.45) is 0 Å². The predicted octanol–water partition coefficient (Wildman–Crippen LogP) is 4.21. The molecule has 2 aromatic rings. The summed E-state index contributed by atoms with van der Waals surface area (Å²) in [5.41, 5.74) is 7.05. The van der Waals surface area contributed by atoms with Crippen LogP contribution in [-0.2, 0) is 4.79 Å². The van der Waals surface area contributed by atoms with Crippen LogP contribution in [-0.4, -0.2) is 18.1 Å². The van der Waals surface area contributed by atoms with Gasteiger partial charge in [0.2, 0.25) is 0 Å². The Morgan fingerprint density at radius 2 is 1.88 bits per heavy atom. The number of carbonyl (C=O) groups excluding carboxylic acids is 1. The molecule has 0 aliphatic carbocycles. The van der Waals surface area contributed by atoms with Gasteiger partial charge in [0.1, 0.15) is 5.75 Å². The van der Waals surface area contributed by atoms with Crippen LogP contribution in [0, 0.1) is 0 Å². The van der Waals surface area contributed by atoms with Gasteiger partial charge >= 0.3 is 0 Å². The molecule has 0 aromatic heterocycles. The van der Waals surface area contributed by atoms with Gasteiger partial charge in [-0.2, -0.15) is 0 Å². The van der Waals surface area contributed by atoms with Crippen molar-refractivity contribution in [1.29, 1.82) is 0 Å². The van der Waals surface area contributed by atoms with E-state index in [-0.39, 0.29) is 5.91 Å². The summed E-state index contributed by atoms with van der Waals surface area (Å²) in [6.45, 7) is 6.88. The van der Waals surface area contributed by atoms with Crippen molar-refractivity contribution < 1.29 is 9.53 Å². The van der Waals surface area contributed by atoms with Crippen LogP contribution in [0.4, 0.5) is 0 Å². The van der Waals surface area contributed by atoms with Crippen molar-refractivity contribution >= 4 is 22.8 Å². The van der Waals surface area contributed by atoms with E-state index in [4.69, 9.17) is 4.74 Å². The number of fused-ring (bicyclic) bond motifs is 1. The van der Waals surface area contributed by atoms with Crippen LogP contribution < -0.4 is 15.6 Å². The number of amides is 1. The number of rotatable bonds is 6. The van der Waals surface area contributed by atoms with Crippen molar-refractivity contribution in [2.45, 2.75) is 45.6 Å². The number of hydrazine groups is 1. The van der Waals surface area contributed by atoms with Gasteiger partial charge in [0.05, 0.1) is 12.1 Å². The van der Waals surface area contributed by atoms with Gasteiger partial charge in [0, 0.05) is 11.0 Å². The van der Waals surface area contributed by atoms with Crippen LogP contribution in [0.15, 0.2) is 42.0 Å². The van der Waals surface area contributed by atoms with Crippen LogP contribution in [0.3, 0.4) is 0 Å². The third kappa shape index (κ3) is 3.69. The van der Waals surface area contributed by atoms with Crippen molar-refractivity contribution in [3.63, 3.8) is 0 Å². The summed E-state index contributed by atoms with van der Waals surface area (Å²) in [6, 6.07) is 12.2. The largest absolute Gasteiger partial charge is 0.493 e. The maximum absolute atomic E-state index is 12.2. The van der Waals surface area contributed by atoms with Crippen molar-refractivity contribution in [3.8, 4) is 5.75 Å². The number of unbranched alkanes of at least 4 members (excludes halogenated alkanes) is 2. The van der Waals surface area contributed by atoms with E-state index in [1.165, 1.54) is 12.8 Å². The zero-order valence-corrected chi connectivity index (χ0v) is 15.2. The number of hydrogen-bond acceptors (Lipinski definition) is 3. The fraction of sp³-hybridized carbons (Fsp3) is 0.381. The zero-order valence-electron chi connectivity index (χ0n) is 15.2. The van der Waals surface area contributed by atoms with Crippen LogP contribution in [0.25, 0.3) is 16.8 Å². The molecule has 132 valence electrons. The first kappa shape index (κ1) is 17.5. The summed E-state index contributed by atoms with van der Waals surface area (Å²) < 4.78 is 6.06. The highest BCUT2D eigenvalue weighted by Gasteiger charge is 2.35. The second kappa shape index (κ2) is 7.28. The Bertz CT molecular complexity index is 803. The van der Waals surface area contributed by atoms with Crippen LogP contribution >= 0.6 is 0 Å². The van der Waals surface area contributed by atoms with E-state index in [0.717, 1.165) is 34.1 Å². The maximum atomic E-state index is 12.2. The summed E-state index contributed by atoms with van der Waals surface area (Å²) in [5.74, 6) is 0.800. The number of benzene rings is 2. The minimum atomic E-state index is -0.407. The van der Waals surface area contributed by atoms with Crippen LogP contribution in [0.5, 0.6) is 5.75 Å². The summed E-state index contributed by atoms with van der Waals surface area (Å²) in [5, 5.41) is 2.18. The highest BCUT2D eigenvalue weighted by molar-refractivity contribution is 6.05. The van der Waals surface area contributed by atoms with E-state index in [0.29, 0.717) is 6.61 Å². The first-order valence-electron chi connectivity index (χ1n) is 8.97. The molecular weight excluding hydrogens is 312 g/mol. The highest BCUT2D eigenvalue weighted by atomic mass is 16.5. The monoisotopic (exact) mass is 338 g/mol. The molecule has 0 saturated carbocycles. The third-order valence-corrected chi connectivity index (χ3v) is 4.61. The molecule has 0 radical (unpaired) electrons. The standard InChI is InChI=1S/C21H26N2O2/c1-4-5-6-13-25-18-12-8-10-15-9-7-11-16(19(15)18)14-17-20(24)22-23-21(17,2)3/h7-12,14,23H,4-6,13H2,1-3H3,(H,22,24)/b17-14+. The summed E-state index contributed by atoms with van der Waals surface area (Å²) >= 11 is 0. The molecule has 0 bridgehead atoms. The lowest BCUT2D eigenvalue weighted by Crippen LogP contribution is -2.38. The van der Waals surface area contributed by atoms with Gasteiger partial charge in [-0.1, -0.05) is 50.1 Å². The van der Waals surface area contributed by atoms with E-state index in [2.05, 4.69) is 29.9 Å². The molecule has 3 rings (SSSR count). The molecule has 1 fully saturated rings. The fourth-order valence-corrected chi connectivity index (χ4v) is 3.14. The minimum absolute atomic E-state index is 0.0802. The first-order valence-corrected chi connectivity index (χ1v) is 8.97. The molecule has 1 heterocycles. The van der Waals surface area contributed by atoms with Gasteiger partial charge in [0.15, 0.2) is 0 Å². The Labute approximate surface area is 149 Å². The van der Waals surface area contributed by atoms with Crippen molar-refractivity contribution in [3.05, 3.63) is 47.5 Å². The Morgan fingerprint density at radius 3 is 2.56 bits per heavy atom. The molecule has 0 unspecified atom stereocenters. The number of ether oxygens (including phenoxy) is 1. The van der Waals surface area contributed by atoms with E-state index >= 15 is 0 Å². The van der Waals surface area contributed by atoms with Crippen molar-refractivity contribution in [1.82, 2.24) is 10.9 Å². The zero-order chi connectivity index (χ0) is 17.9. The molecule has 2 aromatic carbocycles. The molecule has 1 aliphatic heterocycles. The average Bonchev–Trinajstić information content (AvgIpc) is 2.86. The van der Waals surface area contributed by atoms with Gasteiger partial charge in [0.25, 0.3) is 5.91 Å². The Hall–Kier alpha value is -2.33. The number of hydrogen-bond donors (Lipinski definition) is 2. The lowest BCUT2D eigenvalue weighted by molar-refractivity contribution is -0.116. The molecule has 0 spiro atoms. The molecular formula is C21H26N2O2. The van der Waals surface area contributed by atoms with Crippen LogP contribution in [0.2, 0.25) is 0 Å². The average molecular weight is 338 g/mol. The van der Waals surface area contributed by atoms with E-state index < -0.39 is 5.54 Å². The van der Waals surface area contributed by atoms with E-state index in [9.17, 15) is 4.79 Å². The summed E-state index contributed by atoms with van der Waals surface area (Å²) in [7, 11) is 0. The molecule has 1 aliphatic rings. The van der Waals surface area contributed by atoms with Crippen molar-refractivity contribution in [2.75, 3.05) is 6.61 Å². The first-order chi connectivity index (χ1) is 12.0. The minimum Gasteiger partial charge on any atom is -0.493 e. The van der Waals surface area contributed by atoms with E-state index in [1.54, 1.807) is 0 Å². The predicted molar refractivity (Wildman–Crippen MR) is 102 cm³/mol. The SMILES string of the molecule is CCCCCOc1cccc2cccc(/C=C3\C(=O)NNC3(C)C)c12. The Morgan fingerprint density at radius 1 is 1.12 bits per heavy atom. The quantitative estimate of drug-likeness (QED) is 0.613. The normalized spacial score (nSPS) is 17.9. The van der Waals surface area contributed by atoms with Gasteiger partial charge in [-0.3, -0.25) is 10.2 Å². The lowest BCUT2D eigenvalue weighted by Gasteiger charge is -2.17. The Balaban J connectivity index is 2.02. The summed E-state index contributed by atoms with van der Waals surface area (Å²) in [4.78, 5) is 12.2. The number of nitrogens with one attached hydrogen (secondary N) is 2. The fourth-order valence-electron chi connectivity index (χ4n) is 3.14. The van der Waals surface area contributed by atoms with Crippen LogP contribution in [0.1, 0.15) is 45.6 Å². The second-order valence-corrected chi connectivity index (χ2v) is 7.02. The van der Waals surface area contributed by atoms with E-state index in [1.807, 2.05) is 44.2 Å². The molecule has 4 nitrogen and oxygen atoms in total. The molecule has 2 N–H and O–H groups in total. The second-order valence-electron chi connectivity index (χ2n) is 7.02. The van der Waals surface area contributed by atoms with Gasteiger partial charge in [-0.05, 0) is 43.4 Å². The topological polar surface area (TPSA) is 50.4 Å². The van der Waals surface area contributed by atoms with Gasteiger partial charge in [-0.15, -0.1) is 0 Å². The lowest BCUT2D eigenvalue weighted by atomic mass is 9.92. The molecule has 25 heavy (non-hydrogen) atoms. The maximum Gasteiger partial charge on any atom is 0.263 e. The molecule has 1 amide bonds. The molecule has 4 heteroatoms. The Kier molecular flexibility index (Phi) is 5.09. The third-order valence-electron chi connectivity index (χ3n) is 4.61. The smallest absolute Gasteiger partial charge is 0.263 e. The molecule has 1 saturated heterocycles.